The Morgan fingerprint density at radius 2 is 2.00 bits per heavy atom. The smallest absolute Gasteiger partial charge is 0.336 e. The molecule has 3 rings (SSSR count). The number of carboxylic acid groups (broad SMARTS) is 1. The van der Waals surface area contributed by atoms with Gasteiger partial charge >= 0.3 is 5.97 Å². The number of aliphatic carboxylic acids is 1. The van der Waals surface area contributed by atoms with Gasteiger partial charge in [-0.2, -0.15) is 0 Å². The maximum absolute atomic E-state index is 13.4. The molecular weight excluding hydrogens is 450 g/mol. The molecule has 0 aliphatic carbocycles. The highest BCUT2D eigenvalue weighted by Crippen LogP contribution is 2.43. The highest BCUT2D eigenvalue weighted by Gasteiger charge is 2.33. The predicted octanol–water partition coefficient (Wildman–Crippen LogP) is 3.96. The molecule has 174 valence electrons. The molecular formula is C23H29NO6S2. The first kappa shape index (κ1) is 24.4. The molecule has 0 radical (unpaired) electrons. The number of nitrogens with zero attached hydrogens (tertiary/aromatic N) is 1. The summed E-state index contributed by atoms with van der Waals surface area (Å²) in [4.78, 5) is 13.8. The van der Waals surface area contributed by atoms with Crippen molar-refractivity contribution in [3.05, 3.63) is 42.5 Å². The van der Waals surface area contributed by atoms with E-state index in [0.717, 1.165) is 24.9 Å². The highest BCUT2D eigenvalue weighted by atomic mass is 32.2. The van der Waals surface area contributed by atoms with Crippen LogP contribution >= 0.6 is 11.8 Å². The number of para-hydroxylation sites is 1. The Kier molecular flexibility index (Phi) is 8.08. The standard InChI is InChI=1S/C23H29NO6S2/c1-3-4-8-16-13-24(17-9-6-5-7-10-17)18-11-21(31-2)20(30-14-19(25)23(26)27)12-22(18)32(28,29)15-16/h5-7,9-12,16,19,25H,3-4,8,13-15H2,1-2H3,(H,26,27). The summed E-state index contributed by atoms with van der Waals surface area (Å²) in [5, 5.41) is 18.5. The molecule has 1 heterocycles. The van der Waals surface area contributed by atoms with Crippen LogP contribution in [0.1, 0.15) is 26.2 Å². The average molecular weight is 480 g/mol. The first-order chi connectivity index (χ1) is 15.3. The molecule has 9 heteroatoms. The number of unbranched alkanes of at least 4 members (excludes halogenated alkanes) is 1. The van der Waals surface area contributed by atoms with Gasteiger partial charge in [0.1, 0.15) is 12.4 Å². The van der Waals surface area contributed by atoms with Crippen molar-refractivity contribution in [2.24, 2.45) is 5.92 Å². The monoisotopic (exact) mass is 479 g/mol. The SMILES string of the molecule is CCCCC1CN(c2ccccc2)c2cc(SC)c(OCC(O)C(=O)O)cc2S(=O)(=O)C1. The maximum atomic E-state index is 13.4. The second-order valence-electron chi connectivity index (χ2n) is 7.87. The number of aliphatic hydroxyl groups excluding tert-OH is 1. The van der Waals surface area contributed by atoms with Crippen LogP contribution in [0.4, 0.5) is 11.4 Å². The number of hydrogen-bond donors (Lipinski definition) is 2. The highest BCUT2D eigenvalue weighted by molar-refractivity contribution is 7.98. The second kappa shape index (κ2) is 10.6. The van der Waals surface area contributed by atoms with Crippen molar-refractivity contribution in [3.63, 3.8) is 0 Å². The van der Waals surface area contributed by atoms with Crippen molar-refractivity contribution in [2.45, 2.75) is 42.1 Å². The van der Waals surface area contributed by atoms with Crippen molar-refractivity contribution in [1.82, 2.24) is 0 Å². The number of carbonyl (C=O) groups is 1. The van der Waals surface area contributed by atoms with Crippen LogP contribution in [0.2, 0.25) is 0 Å². The number of sulfone groups is 1. The van der Waals surface area contributed by atoms with Crippen molar-refractivity contribution in [3.8, 4) is 5.75 Å². The summed E-state index contributed by atoms with van der Waals surface area (Å²) in [6, 6.07) is 13.0. The molecule has 0 spiro atoms. The van der Waals surface area contributed by atoms with E-state index in [2.05, 4.69) is 11.8 Å². The number of benzene rings is 2. The van der Waals surface area contributed by atoms with E-state index in [4.69, 9.17) is 9.84 Å². The van der Waals surface area contributed by atoms with Gasteiger partial charge in [-0.15, -0.1) is 11.8 Å². The maximum Gasteiger partial charge on any atom is 0.336 e. The zero-order chi connectivity index (χ0) is 23.3. The number of ether oxygens (including phenoxy) is 1. The fraction of sp³-hybridized carbons (Fsp3) is 0.435. The van der Waals surface area contributed by atoms with Gasteiger partial charge in [-0.3, -0.25) is 0 Å². The minimum atomic E-state index is -3.61. The van der Waals surface area contributed by atoms with Gasteiger partial charge in [-0.1, -0.05) is 38.0 Å². The fourth-order valence-corrected chi connectivity index (χ4v) is 6.23. The molecule has 1 aliphatic rings. The van der Waals surface area contributed by atoms with Crippen molar-refractivity contribution in [1.29, 1.82) is 0 Å². The van der Waals surface area contributed by atoms with E-state index < -0.39 is 28.5 Å². The van der Waals surface area contributed by atoms with Crippen LogP contribution in [0, 0.1) is 5.92 Å². The number of rotatable bonds is 9. The van der Waals surface area contributed by atoms with Crippen molar-refractivity contribution < 1.29 is 28.2 Å². The van der Waals surface area contributed by atoms with E-state index in [1.54, 1.807) is 6.07 Å². The third-order valence-electron chi connectivity index (χ3n) is 5.48. The first-order valence-electron chi connectivity index (χ1n) is 10.6. The molecule has 2 unspecified atom stereocenters. The number of thioether (sulfide) groups is 1. The molecule has 2 atom stereocenters. The van der Waals surface area contributed by atoms with Crippen LogP contribution in [0.3, 0.4) is 0 Å². The van der Waals surface area contributed by atoms with Crippen LogP contribution in [0.5, 0.6) is 5.75 Å². The number of carboxylic acids is 1. The van der Waals surface area contributed by atoms with Gasteiger partial charge in [0, 0.05) is 18.3 Å². The Hall–Kier alpha value is -2.23. The van der Waals surface area contributed by atoms with Gasteiger partial charge in [-0.25, -0.2) is 13.2 Å². The lowest BCUT2D eigenvalue weighted by atomic mass is 10.0. The van der Waals surface area contributed by atoms with E-state index >= 15 is 0 Å². The molecule has 2 aromatic carbocycles. The van der Waals surface area contributed by atoms with Gasteiger partial charge < -0.3 is 19.8 Å². The van der Waals surface area contributed by atoms with Gasteiger partial charge in [-0.05, 0) is 36.8 Å². The summed E-state index contributed by atoms with van der Waals surface area (Å²) in [5.41, 5.74) is 1.50. The van der Waals surface area contributed by atoms with Crippen LogP contribution in [0.15, 0.2) is 52.3 Å². The fourth-order valence-electron chi connectivity index (χ4n) is 3.83. The van der Waals surface area contributed by atoms with Crippen molar-refractivity contribution in [2.75, 3.05) is 30.1 Å². The minimum absolute atomic E-state index is 0.0245. The van der Waals surface area contributed by atoms with E-state index in [-0.39, 0.29) is 22.3 Å². The van der Waals surface area contributed by atoms with Gasteiger partial charge in [0.2, 0.25) is 0 Å². The first-order valence-corrected chi connectivity index (χ1v) is 13.5. The summed E-state index contributed by atoms with van der Waals surface area (Å²) >= 11 is 1.37. The quantitative estimate of drug-likeness (QED) is 0.521. The zero-order valence-corrected chi connectivity index (χ0v) is 19.9. The van der Waals surface area contributed by atoms with Crippen LogP contribution < -0.4 is 9.64 Å². The number of anilines is 2. The average Bonchev–Trinajstić information content (AvgIpc) is 2.89. The molecule has 2 aromatic rings. The lowest BCUT2D eigenvalue weighted by Crippen LogP contribution is -2.27. The summed E-state index contributed by atoms with van der Waals surface area (Å²) in [6.45, 7) is 2.21. The second-order valence-corrected chi connectivity index (χ2v) is 10.7. The number of hydrogen-bond acceptors (Lipinski definition) is 7. The van der Waals surface area contributed by atoms with Gasteiger partial charge in [0.15, 0.2) is 15.9 Å². The molecule has 2 N–H and O–H groups in total. The Bertz CT molecular complexity index is 1040. The summed E-state index contributed by atoms with van der Waals surface area (Å²) in [6.07, 6.45) is 2.91. The van der Waals surface area contributed by atoms with Crippen LogP contribution in [-0.2, 0) is 14.6 Å². The van der Waals surface area contributed by atoms with E-state index in [1.807, 2.05) is 36.6 Å². The summed E-state index contributed by atoms with van der Waals surface area (Å²) in [7, 11) is -3.61. The topological polar surface area (TPSA) is 104 Å². The summed E-state index contributed by atoms with van der Waals surface area (Å²) in [5.74, 6) is -1.13. The van der Waals surface area contributed by atoms with E-state index in [9.17, 15) is 18.3 Å². The molecule has 32 heavy (non-hydrogen) atoms. The summed E-state index contributed by atoms with van der Waals surface area (Å²) < 4.78 is 32.4. The van der Waals surface area contributed by atoms with Crippen LogP contribution in [0.25, 0.3) is 0 Å². The van der Waals surface area contributed by atoms with Gasteiger partial charge in [0.05, 0.1) is 21.2 Å². The molecule has 0 bridgehead atoms. The Labute approximate surface area is 193 Å². The van der Waals surface area contributed by atoms with Gasteiger partial charge in [0.25, 0.3) is 0 Å². The lowest BCUT2D eigenvalue weighted by molar-refractivity contribution is -0.148. The number of fused-ring (bicyclic) bond motifs is 1. The minimum Gasteiger partial charge on any atom is -0.489 e. The third kappa shape index (κ3) is 5.57. The van der Waals surface area contributed by atoms with E-state index in [1.165, 1.54) is 17.8 Å². The van der Waals surface area contributed by atoms with Crippen molar-refractivity contribution >= 4 is 38.9 Å². The molecule has 0 aromatic heterocycles. The predicted molar refractivity (Wildman–Crippen MR) is 126 cm³/mol. The Morgan fingerprint density at radius 1 is 1.28 bits per heavy atom. The number of aliphatic hydroxyl groups is 1. The Morgan fingerprint density at radius 3 is 2.62 bits per heavy atom. The van der Waals surface area contributed by atoms with Crippen LogP contribution in [-0.4, -0.2) is 55.9 Å². The third-order valence-corrected chi connectivity index (χ3v) is 8.15. The molecule has 0 fully saturated rings. The lowest BCUT2D eigenvalue weighted by Gasteiger charge is -2.28. The molecule has 1 aliphatic heterocycles. The molecule has 0 saturated heterocycles. The Balaban J connectivity index is 2.10. The normalized spacial score (nSPS) is 18.5. The molecule has 0 saturated carbocycles. The molecule has 7 nitrogen and oxygen atoms in total. The zero-order valence-electron chi connectivity index (χ0n) is 18.2. The largest absolute Gasteiger partial charge is 0.489 e. The molecule has 0 amide bonds. The van der Waals surface area contributed by atoms with E-state index in [0.29, 0.717) is 17.1 Å².